The van der Waals surface area contributed by atoms with Crippen molar-refractivity contribution in [3.63, 3.8) is 0 Å². The normalized spacial score (nSPS) is 13.0. The summed E-state index contributed by atoms with van der Waals surface area (Å²) in [5, 5.41) is 15.6. The van der Waals surface area contributed by atoms with Gasteiger partial charge < -0.3 is 15.3 Å². The number of likely N-dealkylation sites (N-methyl/N-ethyl adjacent to an activating group) is 1. The second-order valence-corrected chi connectivity index (χ2v) is 5.33. The Balaban J connectivity index is 2.92. The number of aliphatic hydroxyl groups excluding tert-OH is 1. The molecule has 23 heavy (non-hydrogen) atoms. The maximum Gasteiger partial charge on any atom is 0.408 e. The number of rotatable bonds is 6. The number of nitrogens with one attached hydrogen (secondary N) is 1. The van der Waals surface area contributed by atoms with Crippen LogP contribution in [-0.4, -0.2) is 51.7 Å². The van der Waals surface area contributed by atoms with Crippen molar-refractivity contribution in [2.75, 3.05) is 19.7 Å². The van der Waals surface area contributed by atoms with Gasteiger partial charge in [-0.15, -0.1) is 0 Å². The van der Waals surface area contributed by atoms with Crippen LogP contribution < -0.4 is 5.32 Å². The SMILES string of the molecule is CCN(CCO)C(=O)NC(C)c1c(C)nn(CC(F)(F)F)c1C. The van der Waals surface area contributed by atoms with Crippen LogP contribution in [0.15, 0.2) is 0 Å². The van der Waals surface area contributed by atoms with Crippen molar-refractivity contribution in [2.45, 2.75) is 46.5 Å². The monoisotopic (exact) mass is 336 g/mol. The highest BCUT2D eigenvalue weighted by atomic mass is 19.4. The molecule has 1 heterocycles. The van der Waals surface area contributed by atoms with Crippen molar-refractivity contribution >= 4 is 6.03 Å². The topological polar surface area (TPSA) is 70.4 Å². The molecule has 1 aromatic heterocycles. The molecule has 2 N–H and O–H groups in total. The first-order chi connectivity index (χ1) is 10.6. The smallest absolute Gasteiger partial charge is 0.395 e. The van der Waals surface area contributed by atoms with Gasteiger partial charge in [-0.25, -0.2) is 4.79 Å². The number of amides is 2. The van der Waals surface area contributed by atoms with E-state index in [0.29, 0.717) is 23.5 Å². The second kappa shape index (κ2) is 7.67. The van der Waals surface area contributed by atoms with Crippen LogP contribution in [0.2, 0.25) is 0 Å². The number of hydrogen-bond donors (Lipinski definition) is 2. The minimum atomic E-state index is -4.35. The van der Waals surface area contributed by atoms with E-state index in [4.69, 9.17) is 5.11 Å². The molecule has 0 aromatic carbocycles. The molecule has 1 aromatic rings. The largest absolute Gasteiger partial charge is 0.408 e. The zero-order valence-corrected chi connectivity index (χ0v) is 13.7. The van der Waals surface area contributed by atoms with E-state index in [1.54, 1.807) is 27.7 Å². The van der Waals surface area contributed by atoms with Gasteiger partial charge in [0.1, 0.15) is 6.54 Å². The van der Waals surface area contributed by atoms with Gasteiger partial charge in [0.15, 0.2) is 0 Å². The quantitative estimate of drug-likeness (QED) is 0.836. The number of aliphatic hydroxyl groups is 1. The molecule has 2 amide bonds. The van der Waals surface area contributed by atoms with Crippen molar-refractivity contribution in [2.24, 2.45) is 0 Å². The van der Waals surface area contributed by atoms with Crippen LogP contribution in [0.25, 0.3) is 0 Å². The molecule has 0 radical (unpaired) electrons. The Labute approximate surface area is 133 Å². The van der Waals surface area contributed by atoms with Crippen molar-refractivity contribution in [3.8, 4) is 0 Å². The highest BCUT2D eigenvalue weighted by Gasteiger charge is 2.31. The molecule has 0 aliphatic carbocycles. The van der Waals surface area contributed by atoms with E-state index in [1.807, 2.05) is 0 Å². The number of hydrogen-bond acceptors (Lipinski definition) is 3. The third kappa shape index (κ3) is 5.12. The van der Waals surface area contributed by atoms with Crippen LogP contribution in [0.5, 0.6) is 0 Å². The number of alkyl halides is 3. The number of aromatic nitrogens is 2. The molecule has 6 nitrogen and oxygen atoms in total. The molecular weight excluding hydrogens is 313 g/mol. The van der Waals surface area contributed by atoms with Gasteiger partial charge in [0.2, 0.25) is 0 Å². The summed E-state index contributed by atoms with van der Waals surface area (Å²) >= 11 is 0. The molecule has 9 heteroatoms. The molecular formula is C14H23F3N4O2. The van der Waals surface area contributed by atoms with E-state index in [2.05, 4.69) is 10.4 Å². The highest BCUT2D eigenvalue weighted by Crippen LogP contribution is 2.25. The Kier molecular flexibility index (Phi) is 6.43. The summed E-state index contributed by atoms with van der Waals surface area (Å²) in [6, 6.07) is -0.867. The fourth-order valence-electron chi connectivity index (χ4n) is 2.53. The van der Waals surface area contributed by atoms with Crippen LogP contribution in [0.4, 0.5) is 18.0 Å². The van der Waals surface area contributed by atoms with Crippen molar-refractivity contribution in [1.29, 1.82) is 0 Å². The van der Waals surface area contributed by atoms with E-state index < -0.39 is 18.8 Å². The molecule has 0 spiro atoms. The summed E-state index contributed by atoms with van der Waals surface area (Å²) in [5.74, 6) is 0. The molecule has 1 atom stereocenters. The molecule has 0 bridgehead atoms. The lowest BCUT2D eigenvalue weighted by atomic mass is 10.1. The molecule has 0 saturated heterocycles. The number of halogens is 3. The molecule has 0 aliphatic heterocycles. The maximum atomic E-state index is 12.5. The van der Waals surface area contributed by atoms with Crippen molar-refractivity contribution in [1.82, 2.24) is 20.0 Å². The average Bonchev–Trinajstić information content (AvgIpc) is 2.68. The third-order valence-electron chi connectivity index (χ3n) is 3.58. The number of nitrogens with zero attached hydrogens (tertiary/aromatic N) is 3. The van der Waals surface area contributed by atoms with Gasteiger partial charge in [0, 0.05) is 24.3 Å². The number of carbonyl (C=O) groups excluding carboxylic acids is 1. The number of urea groups is 1. The third-order valence-corrected chi connectivity index (χ3v) is 3.58. The summed E-state index contributed by atoms with van der Waals surface area (Å²) in [6.45, 7) is 5.93. The second-order valence-electron chi connectivity index (χ2n) is 5.33. The molecule has 132 valence electrons. The first kappa shape index (κ1) is 19.3. The zero-order valence-electron chi connectivity index (χ0n) is 13.7. The standard InChI is InChI=1S/C14H23F3N4O2/c1-5-20(6-7-22)13(23)18-9(2)12-10(3)19-21(11(12)4)8-14(15,16)17/h9,22H,5-8H2,1-4H3,(H,18,23). The molecule has 0 fully saturated rings. The van der Waals surface area contributed by atoms with E-state index in [0.717, 1.165) is 4.68 Å². The van der Waals surface area contributed by atoms with Crippen molar-refractivity contribution in [3.05, 3.63) is 17.0 Å². The molecule has 0 saturated carbocycles. The van der Waals surface area contributed by atoms with E-state index >= 15 is 0 Å². The minimum absolute atomic E-state index is 0.156. The minimum Gasteiger partial charge on any atom is -0.395 e. The average molecular weight is 336 g/mol. The highest BCUT2D eigenvalue weighted by molar-refractivity contribution is 5.74. The van der Waals surface area contributed by atoms with Gasteiger partial charge in [-0.05, 0) is 27.7 Å². The zero-order chi connectivity index (χ0) is 17.8. The van der Waals surface area contributed by atoms with Crippen LogP contribution in [0.3, 0.4) is 0 Å². The van der Waals surface area contributed by atoms with Gasteiger partial charge in [-0.2, -0.15) is 18.3 Å². The van der Waals surface area contributed by atoms with Crippen LogP contribution in [0.1, 0.15) is 36.8 Å². The molecule has 1 rings (SSSR count). The Morgan fingerprint density at radius 1 is 1.43 bits per heavy atom. The predicted molar refractivity (Wildman–Crippen MR) is 79.0 cm³/mol. The summed E-state index contributed by atoms with van der Waals surface area (Å²) in [6.07, 6.45) is -4.35. The van der Waals surface area contributed by atoms with Crippen molar-refractivity contribution < 1.29 is 23.1 Å². The first-order valence-corrected chi connectivity index (χ1v) is 7.37. The fourth-order valence-corrected chi connectivity index (χ4v) is 2.53. The van der Waals surface area contributed by atoms with E-state index in [-0.39, 0.29) is 19.2 Å². The van der Waals surface area contributed by atoms with Gasteiger partial charge in [-0.1, -0.05) is 0 Å². The lowest BCUT2D eigenvalue weighted by molar-refractivity contribution is -0.143. The van der Waals surface area contributed by atoms with Gasteiger partial charge in [0.05, 0.1) is 18.3 Å². The Morgan fingerprint density at radius 2 is 2.04 bits per heavy atom. The number of carbonyl (C=O) groups is 1. The maximum absolute atomic E-state index is 12.5. The van der Waals surface area contributed by atoms with E-state index in [1.165, 1.54) is 4.90 Å². The van der Waals surface area contributed by atoms with Crippen LogP contribution in [0, 0.1) is 13.8 Å². The summed E-state index contributed by atoms with van der Waals surface area (Å²) in [7, 11) is 0. The van der Waals surface area contributed by atoms with E-state index in [9.17, 15) is 18.0 Å². The molecule has 1 unspecified atom stereocenters. The van der Waals surface area contributed by atoms with Gasteiger partial charge in [0.25, 0.3) is 0 Å². The lowest BCUT2D eigenvalue weighted by Crippen LogP contribution is -2.42. The Bertz CT molecular complexity index is 543. The summed E-state index contributed by atoms with van der Waals surface area (Å²) < 4.78 is 38.5. The molecule has 0 aliphatic rings. The van der Waals surface area contributed by atoms with Gasteiger partial charge >= 0.3 is 12.2 Å². The summed E-state index contributed by atoms with van der Waals surface area (Å²) in [4.78, 5) is 13.5. The fraction of sp³-hybridized carbons (Fsp3) is 0.714. The Morgan fingerprint density at radius 3 is 2.52 bits per heavy atom. The first-order valence-electron chi connectivity index (χ1n) is 7.37. The number of aryl methyl sites for hydroxylation is 1. The summed E-state index contributed by atoms with van der Waals surface area (Å²) in [5.41, 5.74) is 1.39. The van der Waals surface area contributed by atoms with Crippen LogP contribution >= 0.6 is 0 Å². The van der Waals surface area contributed by atoms with Crippen LogP contribution in [-0.2, 0) is 6.54 Å². The lowest BCUT2D eigenvalue weighted by Gasteiger charge is -2.23. The predicted octanol–water partition coefficient (Wildman–Crippen LogP) is 2.15. The Hall–Kier alpha value is -1.77. The van der Waals surface area contributed by atoms with Gasteiger partial charge in [-0.3, -0.25) is 4.68 Å².